The molecule has 2 aromatic rings. The van der Waals surface area contributed by atoms with Gasteiger partial charge < -0.3 is 5.73 Å². The summed E-state index contributed by atoms with van der Waals surface area (Å²) in [5.74, 6) is 2.45. The van der Waals surface area contributed by atoms with Crippen molar-refractivity contribution in [3.05, 3.63) is 30.0 Å². The first-order valence-corrected chi connectivity index (χ1v) is 8.26. The number of nitrogens with two attached hydrogens (primary N) is 1. The smallest absolute Gasteiger partial charge is 0.219 e. The van der Waals surface area contributed by atoms with E-state index in [-0.39, 0.29) is 0 Å². The van der Waals surface area contributed by atoms with E-state index in [9.17, 15) is 0 Å². The minimum atomic E-state index is 0.299. The van der Waals surface area contributed by atoms with Crippen molar-refractivity contribution in [2.45, 2.75) is 56.8 Å². The van der Waals surface area contributed by atoms with Gasteiger partial charge in [0.2, 0.25) is 5.95 Å². The van der Waals surface area contributed by atoms with Crippen molar-refractivity contribution in [3.8, 4) is 11.3 Å². The molecular weight excluding hydrogens is 274 g/mol. The Morgan fingerprint density at radius 2 is 1.59 bits per heavy atom. The van der Waals surface area contributed by atoms with Crippen molar-refractivity contribution in [1.82, 2.24) is 19.9 Å². The molecule has 0 atom stereocenters. The maximum absolute atomic E-state index is 5.58. The molecule has 2 saturated carbocycles. The largest absolute Gasteiger partial charge is 0.368 e. The van der Waals surface area contributed by atoms with Gasteiger partial charge in [-0.2, -0.15) is 0 Å². The van der Waals surface area contributed by atoms with Gasteiger partial charge >= 0.3 is 0 Å². The lowest BCUT2D eigenvalue weighted by Gasteiger charge is -2.22. The van der Waals surface area contributed by atoms with Crippen LogP contribution in [0.3, 0.4) is 0 Å². The summed E-state index contributed by atoms with van der Waals surface area (Å²) in [5, 5.41) is 0. The molecule has 0 aliphatic heterocycles. The van der Waals surface area contributed by atoms with Crippen molar-refractivity contribution in [3.63, 3.8) is 0 Å². The van der Waals surface area contributed by atoms with E-state index in [1.165, 1.54) is 50.6 Å². The van der Waals surface area contributed by atoms with Crippen LogP contribution in [0, 0.1) is 0 Å². The third-order valence-electron chi connectivity index (χ3n) is 4.70. The van der Waals surface area contributed by atoms with Gasteiger partial charge in [0, 0.05) is 35.5 Å². The van der Waals surface area contributed by atoms with Crippen LogP contribution in [0.15, 0.2) is 18.5 Å². The topological polar surface area (TPSA) is 77.6 Å². The van der Waals surface area contributed by atoms with Crippen LogP contribution in [0.1, 0.15) is 68.3 Å². The molecule has 22 heavy (non-hydrogen) atoms. The summed E-state index contributed by atoms with van der Waals surface area (Å²) in [6, 6.07) is 2.14. The zero-order valence-corrected chi connectivity index (χ0v) is 12.7. The average Bonchev–Trinajstić information content (AvgIpc) is 3.41. The fraction of sp³-hybridized carbons (Fsp3) is 0.529. The Hall–Kier alpha value is -2.04. The van der Waals surface area contributed by atoms with Crippen LogP contribution in [-0.4, -0.2) is 19.9 Å². The van der Waals surface area contributed by atoms with Crippen LogP contribution >= 0.6 is 0 Å². The molecule has 114 valence electrons. The highest BCUT2D eigenvalue weighted by Crippen LogP contribution is 2.40. The van der Waals surface area contributed by atoms with Gasteiger partial charge in [0.15, 0.2) is 0 Å². The Morgan fingerprint density at radius 1 is 0.864 bits per heavy atom. The molecular formula is C17H21N5. The van der Waals surface area contributed by atoms with E-state index < -0.39 is 0 Å². The van der Waals surface area contributed by atoms with E-state index >= 15 is 0 Å². The highest BCUT2D eigenvalue weighted by Gasteiger charge is 2.28. The fourth-order valence-corrected chi connectivity index (χ4v) is 3.24. The number of nitrogens with zero attached hydrogens (tertiary/aromatic N) is 4. The SMILES string of the molecule is Nc1ncc(-c2cc(C3CCCCC3)nc(C3CC3)n2)cn1. The second kappa shape index (κ2) is 5.63. The van der Waals surface area contributed by atoms with Crippen LogP contribution in [0.5, 0.6) is 0 Å². The van der Waals surface area contributed by atoms with Crippen LogP contribution in [0.25, 0.3) is 11.3 Å². The molecule has 5 nitrogen and oxygen atoms in total. The van der Waals surface area contributed by atoms with Crippen LogP contribution < -0.4 is 5.73 Å². The van der Waals surface area contributed by atoms with Gasteiger partial charge in [0.05, 0.1) is 5.69 Å². The summed E-state index contributed by atoms with van der Waals surface area (Å²) in [6.07, 6.45) is 12.4. The number of hydrogen-bond donors (Lipinski definition) is 1. The van der Waals surface area contributed by atoms with Crippen LogP contribution in [0.4, 0.5) is 5.95 Å². The zero-order valence-electron chi connectivity index (χ0n) is 12.7. The molecule has 0 spiro atoms. The van der Waals surface area contributed by atoms with E-state index in [0.29, 0.717) is 17.8 Å². The third-order valence-corrected chi connectivity index (χ3v) is 4.70. The van der Waals surface area contributed by atoms with Gasteiger partial charge in [-0.3, -0.25) is 0 Å². The predicted molar refractivity (Wildman–Crippen MR) is 85.3 cm³/mol. The van der Waals surface area contributed by atoms with Crippen LogP contribution in [-0.2, 0) is 0 Å². The van der Waals surface area contributed by atoms with Crippen molar-refractivity contribution >= 4 is 5.95 Å². The van der Waals surface area contributed by atoms with Gasteiger partial charge in [0.1, 0.15) is 5.82 Å². The van der Waals surface area contributed by atoms with E-state index in [1.54, 1.807) is 12.4 Å². The lowest BCUT2D eigenvalue weighted by Crippen LogP contribution is -2.09. The molecule has 5 heteroatoms. The zero-order chi connectivity index (χ0) is 14.9. The average molecular weight is 295 g/mol. The minimum absolute atomic E-state index is 0.299. The molecule has 2 aliphatic rings. The molecule has 2 heterocycles. The van der Waals surface area contributed by atoms with Gasteiger partial charge in [-0.05, 0) is 31.7 Å². The molecule has 0 amide bonds. The summed E-state index contributed by atoms with van der Waals surface area (Å²) >= 11 is 0. The number of nitrogen functional groups attached to an aromatic ring is 1. The number of anilines is 1. The van der Waals surface area contributed by atoms with Crippen molar-refractivity contribution in [1.29, 1.82) is 0 Å². The molecule has 4 rings (SSSR count). The van der Waals surface area contributed by atoms with Gasteiger partial charge in [-0.15, -0.1) is 0 Å². The summed E-state index contributed by atoms with van der Waals surface area (Å²) in [6.45, 7) is 0. The summed E-state index contributed by atoms with van der Waals surface area (Å²) in [5.41, 5.74) is 8.66. The fourth-order valence-electron chi connectivity index (χ4n) is 3.24. The molecule has 0 bridgehead atoms. The molecule has 0 saturated heterocycles. The second-order valence-corrected chi connectivity index (χ2v) is 6.48. The molecule has 2 fully saturated rings. The van der Waals surface area contributed by atoms with E-state index in [4.69, 9.17) is 15.7 Å². The molecule has 2 aromatic heterocycles. The van der Waals surface area contributed by atoms with Crippen molar-refractivity contribution in [2.75, 3.05) is 5.73 Å². The highest BCUT2D eigenvalue weighted by molar-refractivity contribution is 5.58. The van der Waals surface area contributed by atoms with E-state index in [1.807, 2.05) is 0 Å². The Morgan fingerprint density at radius 3 is 2.27 bits per heavy atom. The molecule has 2 aliphatic carbocycles. The van der Waals surface area contributed by atoms with Crippen molar-refractivity contribution < 1.29 is 0 Å². The molecule has 2 N–H and O–H groups in total. The molecule has 0 radical (unpaired) electrons. The third kappa shape index (κ3) is 2.80. The number of hydrogen-bond acceptors (Lipinski definition) is 5. The summed E-state index contributed by atoms with van der Waals surface area (Å²) < 4.78 is 0. The number of rotatable bonds is 3. The highest BCUT2D eigenvalue weighted by atomic mass is 15.0. The first kappa shape index (κ1) is 13.6. The Bertz CT molecular complexity index is 657. The predicted octanol–water partition coefficient (Wildman–Crippen LogP) is 3.44. The van der Waals surface area contributed by atoms with E-state index in [0.717, 1.165) is 17.1 Å². The normalized spacial score (nSPS) is 19.3. The number of aromatic nitrogens is 4. The quantitative estimate of drug-likeness (QED) is 0.938. The van der Waals surface area contributed by atoms with Gasteiger partial charge in [0.25, 0.3) is 0 Å². The Labute approximate surface area is 130 Å². The maximum Gasteiger partial charge on any atom is 0.219 e. The van der Waals surface area contributed by atoms with Gasteiger partial charge in [-0.25, -0.2) is 19.9 Å². The lowest BCUT2D eigenvalue weighted by molar-refractivity contribution is 0.435. The first-order valence-electron chi connectivity index (χ1n) is 8.26. The van der Waals surface area contributed by atoms with Gasteiger partial charge in [-0.1, -0.05) is 19.3 Å². The first-order chi connectivity index (χ1) is 10.8. The maximum atomic E-state index is 5.58. The standard InChI is InChI=1S/C17H21N5/c18-17-19-9-13(10-20-17)15-8-14(11-4-2-1-3-5-11)21-16(22-15)12-6-7-12/h8-12H,1-7H2,(H2,18,19,20). The van der Waals surface area contributed by atoms with Crippen molar-refractivity contribution in [2.24, 2.45) is 0 Å². The minimum Gasteiger partial charge on any atom is -0.368 e. The second-order valence-electron chi connectivity index (χ2n) is 6.48. The Kier molecular flexibility index (Phi) is 3.48. The Balaban J connectivity index is 1.73. The molecule has 0 aromatic carbocycles. The lowest BCUT2D eigenvalue weighted by atomic mass is 9.86. The van der Waals surface area contributed by atoms with Crippen LogP contribution in [0.2, 0.25) is 0 Å². The summed E-state index contributed by atoms with van der Waals surface area (Å²) in [7, 11) is 0. The summed E-state index contributed by atoms with van der Waals surface area (Å²) in [4.78, 5) is 17.8. The monoisotopic (exact) mass is 295 g/mol. The van der Waals surface area contributed by atoms with E-state index in [2.05, 4.69) is 16.0 Å². The molecule has 0 unspecified atom stereocenters.